The van der Waals surface area contributed by atoms with Crippen molar-refractivity contribution in [3.05, 3.63) is 83.8 Å². The van der Waals surface area contributed by atoms with Crippen LogP contribution in [-0.2, 0) is 17.8 Å². The van der Waals surface area contributed by atoms with Gasteiger partial charge in [0.2, 0.25) is 5.91 Å². The molecule has 0 atom stereocenters. The van der Waals surface area contributed by atoms with Crippen molar-refractivity contribution in [2.75, 3.05) is 12.0 Å². The number of anilines is 1. The first kappa shape index (κ1) is 17.8. The third-order valence-corrected chi connectivity index (χ3v) is 4.33. The summed E-state index contributed by atoms with van der Waals surface area (Å²) in [6.45, 7) is 2.46. The van der Waals surface area contributed by atoms with Gasteiger partial charge in [-0.3, -0.25) is 4.79 Å². The Bertz CT molecular complexity index is 821. The molecule has 1 amide bonds. The maximum Gasteiger partial charge on any atom is 0.227 e. The second kappa shape index (κ2) is 8.39. The lowest BCUT2D eigenvalue weighted by molar-refractivity contribution is -0.118. The Kier molecular flexibility index (Phi) is 5.74. The van der Waals surface area contributed by atoms with E-state index in [2.05, 4.69) is 0 Å². The molecule has 0 aliphatic carbocycles. The Morgan fingerprint density at radius 1 is 1.04 bits per heavy atom. The highest BCUT2D eigenvalue weighted by atomic mass is 16.5. The Hall–Kier alpha value is -3.01. The fourth-order valence-electron chi connectivity index (χ4n) is 2.78. The summed E-state index contributed by atoms with van der Waals surface area (Å²) in [6, 6.07) is 19.5. The first-order chi connectivity index (χ1) is 12.7. The van der Waals surface area contributed by atoms with Crippen molar-refractivity contribution < 1.29 is 13.9 Å². The molecular formula is C22H23NO3. The summed E-state index contributed by atoms with van der Waals surface area (Å²) in [7, 11) is 1.65. The summed E-state index contributed by atoms with van der Waals surface area (Å²) < 4.78 is 10.6. The molecule has 1 heterocycles. The third-order valence-electron chi connectivity index (χ3n) is 4.33. The maximum atomic E-state index is 12.9. The Labute approximate surface area is 154 Å². The largest absolute Gasteiger partial charge is 0.497 e. The lowest BCUT2D eigenvalue weighted by Gasteiger charge is -2.22. The second-order valence-corrected chi connectivity index (χ2v) is 6.24. The van der Waals surface area contributed by atoms with E-state index in [1.54, 1.807) is 18.3 Å². The van der Waals surface area contributed by atoms with Gasteiger partial charge in [-0.1, -0.05) is 29.8 Å². The van der Waals surface area contributed by atoms with Crippen LogP contribution in [-0.4, -0.2) is 13.0 Å². The van der Waals surface area contributed by atoms with Gasteiger partial charge in [-0.2, -0.15) is 0 Å². The quantitative estimate of drug-likeness (QED) is 0.617. The molecule has 0 saturated carbocycles. The smallest absolute Gasteiger partial charge is 0.227 e. The number of furan rings is 1. The summed E-state index contributed by atoms with van der Waals surface area (Å²) in [5.74, 6) is 1.66. The highest BCUT2D eigenvalue weighted by molar-refractivity contribution is 5.93. The first-order valence-corrected chi connectivity index (χ1v) is 8.68. The molecule has 0 radical (unpaired) electrons. The fraction of sp³-hybridized carbons (Fsp3) is 0.227. The van der Waals surface area contributed by atoms with E-state index in [-0.39, 0.29) is 5.91 Å². The van der Waals surface area contributed by atoms with Crippen molar-refractivity contribution >= 4 is 11.6 Å². The number of aryl methyl sites for hydroxylation is 2. The van der Waals surface area contributed by atoms with Gasteiger partial charge in [0.15, 0.2) is 0 Å². The number of hydrogen-bond acceptors (Lipinski definition) is 3. The second-order valence-electron chi connectivity index (χ2n) is 6.24. The highest BCUT2D eigenvalue weighted by Crippen LogP contribution is 2.21. The topological polar surface area (TPSA) is 42.7 Å². The minimum Gasteiger partial charge on any atom is -0.497 e. The fourth-order valence-corrected chi connectivity index (χ4v) is 2.78. The maximum absolute atomic E-state index is 12.9. The number of carbonyl (C=O) groups is 1. The number of ether oxygens (including phenoxy) is 1. The molecule has 0 aliphatic heterocycles. The van der Waals surface area contributed by atoms with Crippen molar-refractivity contribution in [2.45, 2.75) is 26.3 Å². The number of amides is 1. The average molecular weight is 349 g/mol. The molecule has 0 spiro atoms. The van der Waals surface area contributed by atoms with Crippen LogP contribution in [0.1, 0.15) is 23.3 Å². The number of benzene rings is 2. The van der Waals surface area contributed by atoms with Gasteiger partial charge in [0.25, 0.3) is 0 Å². The van der Waals surface area contributed by atoms with Crippen molar-refractivity contribution in [2.24, 2.45) is 0 Å². The number of methoxy groups -OCH3 is 1. The van der Waals surface area contributed by atoms with E-state index in [0.29, 0.717) is 19.4 Å². The number of hydrogen-bond donors (Lipinski definition) is 0. The van der Waals surface area contributed by atoms with Crippen molar-refractivity contribution in [1.29, 1.82) is 0 Å². The third kappa shape index (κ3) is 4.54. The number of rotatable bonds is 7. The predicted octanol–water partition coefficient (Wildman–Crippen LogP) is 4.76. The zero-order valence-corrected chi connectivity index (χ0v) is 15.1. The van der Waals surface area contributed by atoms with Crippen LogP contribution >= 0.6 is 0 Å². The summed E-state index contributed by atoms with van der Waals surface area (Å²) in [5.41, 5.74) is 3.16. The molecule has 26 heavy (non-hydrogen) atoms. The van der Waals surface area contributed by atoms with Crippen LogP contribution in [0.25, 0.3) is 0 Å². The van der Waals surface area contributed by atoms with Gasteiger partial charge in [-0.15, -0.1) is 0 Å². The Morgan fingerprint density at radius 2 is 1.77 bits per heavy atom. The SMILES string of the molecule is COc1ccc(CCC(=O)N(Cc2ccco2)c2ccc(C)cc2)cc1. The zero-order valence-electron chi connectivity index (χ0n) is 15.1. The van der Waals surface area contributed by atoms with Crippen LogP contribution < -0.4 is 9.64 Å². The van der Waals surface area contributed by atoms with Crippen molar-refractivity contribution in [1.82, 2.24) is 0 Å². The zero-order chi connectivity index (χ0) is 18.4. The van der Waals surface area contributed by atoms with Crippen LogP contribution in [0, 0.1) is 6.92 Å². The van der Waals surface area contributed by atoms with Gasteiger partial charge >= 0.3 is 0 Å². The number of carbonyl (C=O) groups excluding carboxylic acids is 1. The van der Waals surface area contributed by atoms with Gasteiger partial charge in [0.1, 0.15) is 11.5 Å². The molecule has 0 fully saturated rings. The molecule has 0 N–H and O–H groups in total. The monoisotopic (exact) mass is 349 g/mol. The molecule has 0 bridgehead atoms. The summed E-state index contributed by atoms with van der Waals surface area (Å²) >= 11 is 0. The van der Waals surface area contributed by atoms with Crippen LogP contribution in [0.15, 0.2) is 71.3 Å². The average Bonchev–Trinajstić information content (AvgIpc) is 3.19. The predicted molar refractivity (Wildman–Crippen MR) is 102 cm³/mol. The van der Waals surface area contributed by atoms with Gasteiger partial charge < -0.3 is 14.1 Å². The molecule has 1 aromatic heterocycles. The summed E-state index contributed by atoms with van der Waals surface area (Å²) in [6.07, 6.45) is 2.74. The molecule has 0 unspecified atom stereocenters. The minimum absolute atomic E-state index is 0.0704. The van der Waals surface area contributed by atoms with E-state index >= 15 is 0 Å². The molecular weight excluding hydrogens is 326 g/mol. The molecule has 134 valence electrons. The van der Waals surface area contributed by atoms with E-state index < -0.39 is 0 Å². The van der Waals surface area contributed by atoms with Gasteiger partial charge in [0, 0.05) is 12.1 Å². The number of nitrogens with zero attached hydrogens (tertiary/aromatic N) is 1. The highest BCUT2D eigenvalue weighted by Gasteiger charge is 2.17. The molecule has 2 aromatic carbocycles. The van der Waals surface area contributed by atoms with E-state index in [1.165, 1.54) is 0 Å². The lowest BCUT2D eigenvalue weighted by atomic mass is 10.1. The molecule has 3 rings (SSSR count). The van der Waals surface area contributed by atoms with Crippen LogP contribution in [0.3, 0.4) is 0 Å². The molecule has 4 heteroatoms. The van der Waals surface area contributed by atoms with Crippen molar-refractivity contribution in [3.63, 3.8) is 0 Å². The van der Waals surface area contributed by atoms with Crippen LogP contribution in [0.4, 0.5) is 5.69 Å². The van der Waals surface area contributed by atoms with Gasteiger partial charge in [-0.05, 0) is 55.3 Å². The van der Waals surface area contributed by atoms with E-state index in [4.69, 9.17) is 9.15 Å². The standard InChI is InChI=1S/C22H23NO3/c1-17-5-10-19(11-6-17)23(16-21-4-3-15-26-21)22(24)14-9-18-7-12-20(25-2)13-8-18/h3-8,10-13,15H,9,14,16H2,1-2H3. The Balaban J connectivity index is 1.72. The molecule has 3 aromatic rings. The normalized spacial score (nSPS) is 10.5. The summed E-state index contributed by atoms with van der Waals surface area (Å²) in [4.78, 5) is 14.7. The first-order valence-electron chi connectivity index (χ1n) is 8.68. The lowest BCUT2D eigenvalue weighted by Crippen LogP contribution is -2.30. The Morgan fingerprint density at radius 3 is 2.38 bits per heavy atom. The van der Waals surface area contributed by atoms with Crippen LogP contribution in [0.2, 0.25) is 0 Å². The van der Waals surface area contributed by atoms with E-state index in [1.807, 2.05) is 67.6 Å². The van der Waals surface area contributed by atoms with E-state index in [9.17, 15) is 4.79 Å². The van der Waals surface area contributed by atoms with E-state index in [0.717, 1.165) is 28.3 Å². The molecule has 0 saturated heterocycles. The van der Waals surface area contributed by atoms with Crippen LogP contribution in [0.5, 0.6) is 5.75 Å². The van der Waals surface area contributed by atoms with Gasteiger partial charge in [0.05, 0.1) is 19.9 Å². The van der Waals surface area contributed by atoms with Gasteiger partial charge in [-0.25, -0.2) is 0 Å². The molecule has 4 nitrogen and oxygen atoms in total. The molecule has 0 aliphatic rings. The minimum atomic E-state index is 0.0704. The summed E-state index contributed by atoms with van der Waals surface area (Å²) in [5, 5.41) is 0. The van der Waals surface area contributed by atoms with Crippen molar-refractivity contribution in [3.8, 4) is 5.75 Å².